The number of rotatable bonds is 5. The molecule has 0 radical (unpaired) electrons. The summed E-state index contributed by atoms with van der Waals surface area (Å²) in [5.41, 5.74) is 9.28. The summed E-state index contributed by atoms with van der Waals surface area (Å²) in [6.07, 6.45) is 1.36. The number of carbonyl (C=O) groups is 2. The number of nitrogens with two attached hydrogens (primary N) is 1. The highest BCUT2D eigenvalue weighted by atomic mass is 16.2. The lowest BCUT2D eigenvalue weighted by Gasteiger charge is -2.10. The van der Waals surface area contributed by atoms with Gasteiger partial charge in [-0.2, -0.15) is 10.4 Å². The molecule has 0 aliphatic carbocycles. The lowest BCUT2D eigenvalue weighted by Crippen LogP contribution is -2.20. The quantitative estimate of drug-likeness (QED) is 0.399. The highest BCUT2D eigenvalue weighted by molar-refractivity contribution is 6.15. The summed E-state index contributed by atoms with van der Waals surface area (Å²) in [5, 5.41) is 18.8. The molecule has 0 aliphatic rings. The van der Waals surface area contributed by atoms with Gasteiger partial charge in [0.2, 0.25) is 0 Å². The number of nitrogens with zero attached hydrogens (tertiary/aromatic N) is 4. The van der Waals surface area contributed by atoms with Crippen LogP contribution in [0.2, 0.25) is 0 Å². The fraction of sp³-hybridized carbons (Fsp3) is 0.125. The lowest BCUT2D eigenvalue weighted by molar-refractivity contribution is 0.104. The Kier molecular flexibility index (Phi) is 5.74. The number of aromatic nitrogens is 3. The molecule has 2 amide bonds. The minimum absolute atomic E-state index is 0.112. The molecule has 0 unspecified atom stereocenters. The summed E-state index contributed by atoms with van der Waals surface area (Å²) in [6.45, 7) is 4.00. The van der Waals surface area contributed by atoms with Crippen molar-refractivity contribution in [2.75, 3.05) is 16.4 Å². The van der Waals surface area contributed by atoms with Gasteiger partial charge in [-0.3, -0.25) is 4.79 Å². The number of benzene rings is 2. The third-order valence-corrected chi connectivity index (χ3v) is 5.12. The molecular formula is C24H21N7O2. The maximum Gasteiger partial charge on any atom is 0.323 e. The Morgan fingerprint density at radius 1 is 1.09 bits per heavy atom. The van der Waals surface area contributed by atoms with E-state index in [-0.39, 0.29) is 17.5 Å². The highest BCUT2D eigenvalue weighted by Gasteiger charge is 2.22. The van der Waals surface area contributed by atoms with Crippen LogP contribution in [0.4, 0.5) is 22.0 Å². The van der Waals surface area contributed by atoms with Gasteiger partial charge in [0.1, 0.15) is 17.9 Å². The van der Waals surface area contributed by atoms with Crippen molar-refractivity contribution in [3.63, 3.8) is 0 Å². The standard InChI is InChI=1S/C24H21N7O2/c1-14(2)20-11-18(21-23(26)27-13-28-31(20)21)22(32)15-7-5-8-17(10-15)29-24(33)30-19-9-4-3-6-16(19)12-25/h3-11,13-14H,1-2H3,(H2,26,27,28)(H2,29,30,33). The van der Waals surface area contributed by atoms with Gasteiger partial charge >= 0.3 is 6.03 Å². The Balaban J connectivity index is 1.62. The molecule has 2 aromatic heterocycles. The van der Waals surface area contributed by atoms with Crippen molar-refractivity contribution in [2.24, 2.45) is 0 Å². The van der Waals surface area contributed by atoms with Crippen LogP contribution in [0.3, 0.4) is 0 Å². The summed E-state index contributed by atoms with van der Waals surface area (Å²) in [6, 6.07) is 16.5. The Morgan fingerprint density at radius 2 is 1.88 bits per heavy atom. The van der Waals surface area contributed by atoms with E-state index in [9.17, 15) is 14.9 Å². The van der Waals surface area contributed by atoms with Crippen molar-refractivity contribution in [3.05, 3.63) is 83.3 Å². The number of nitriles is 1. The van der Waals surface area contributed by atoms with Crippen LogP contribution in [0.15, 0.2) is 60.9 Å². The first-order valence-corrected chi connectivity index (χ1v) is 10.2. The number of anilines is 3. The highest BCUT2D eigenvalue weighted by Crippen LogP contribution is 2.27. The van der Waals surface area contributed by atoms with Gasteiger partial charge in [-0.1, -0.05) is 38.1 Å². The molecule has 4 N–H and O–H groups in total. The molecule has 0 saturated carbocycles. The number of ketones is 1. The zero-order chi connectivity index (χ0) is 23.5. The van der Waals surface area contributed by atoms with Gasteiger partial charge in [0.05, 0.1) is 16.8 Å². The molecule has 0 bridgehead atoms. The first-order valence-electron chi connectivity index (χ1n) is 10.2. The van der Waals surface area contributed by atoms with Gasteiger partial charge in [0.25, 0.3) is 0 Å². The Hall–Kier alpha value is -4.71. The first kappa shape index (κ1) is 21.5. The number of carbonyl (C=O) groups excluding carboxylic acids is 2. The minimum atomic E-state index is -0.531. The van der Waals surface area contributed by atoms with Crippen LogP contribution >= 0.6 is 0 Å². The molecule has 0 atom stereocenters. The van der Waals surface area contributed by atoms with Crippen molar-refractivity contribution in [1.82, 2.24) is 14.6 Å². The molecule has 164 valence electrons. The van der Waals surface area contributed by atoms with Gasteiger partial charge < -0.3 is 16.4 Å². The normalized spacial score (nSPS) is 10.7. The number of nitrogens with one attached hydrogen (secondary N) is 2. The molecule has 33 heavy (non-hydrogen) atoms. The van der Waals surface area contributed by atoms with E-state index in [1.54, 1.807) is 59.1 Å². The number of hydrogen-bond donors (Lipinski definition) is 3. The van der Waals surface area contributed by atoms with Gasteiger partial charge in [0.15, 0.2) is 11.6 Å². The van der Waals surface area contributed by atoms with E-state index < -0.39 is 6.03 Å². The zero-order valence-corrected chi connectivity index (χ0v) is 18.0. The number of hydrogen-bond acceptors (Lipinski definition) is 6. The fourth-order valence-electron chi connectivity index (χ4n) is 3.54. The lowest BCUT2D eigenvalue weighted by atomic mass is 10.0. The average molecular weight is 439 g/mol. The second-order valence-electron chi connectivity index (χ2n) is 7.69. The third kappa shape index (κ3) is 4.22. The van der Waals surface area contributed by atoms with Crippen molar-refractivity contribution < 1.29 is 9.59 Å². The van der Waals surface area contributed by atoms with Crippen LogP contribution in [0.5, 0.6) is 0 Å². The minimum Gasteiger partial charge on any atom is -0.382 e. The van der Waals surface area contributed by atoms with Gasteiger partial charge in [-0.15, -0.1) is 0 Å². The molecule has 9 nitrogen and oxygen atoms in total. The predicted octanol–water partition coefficient (Wildman–Crippen LogP) is 4.18. The fourth-order valence-corrected chi connectivity index (χ4v) is 3.54. The van der Waals surface area contributed by atoms with E-state index in [1.807, 2.05) is 19.9 Å². The molecule has 4 rings (SSSR count). The van der Waals surface area contributed by atoms with Gasteiger partial charge in [0, 0.05) is 16.9 Å². The van der Waals surface area contributed by atoms with Crippen LogP contribution < -0.4 is 16.4 Å². The van der Waals surface area contributed by atoms with Crippen LogP contribution in [-0.4, -0.2) is 26.4 Å². The summed E-state index contributed by atoms with van der Waals surface area (Å²) < 4.78 is 1.64. The summed E-state index contributed by atoms with van der Waals surface area (Å²) in [7, 11) is 0. The average Bonchev–Trinajstić information content (AvgIpc) is 3.20. The van der Waals surface area contributed by atoms with Crippen LogP contribution in [-0.2, 0) is 0 Å². The number of para-hydroxylation sites is 1. The van der Waals surface area contributed by atoms with E-state index in [4.69, 9.17) is 5.73 Å². The van der Waals surface area contributed by atoms with Crippen molar-refractivity contribution in [2.45, 2.75) is 19.8 Å². The number of urea groups is 1. The van der Waals surface area contributed by atoms with E-state index in [2.05, 4.69) is 20.7 Å². The predicted molar refractivity (Wildman–Crippen MR) is 125 cm³/mol. The number of nitrogen functional groups attached to an aromatic ring is 1. The van der Waals surface area contributed by atoms with Gasteiger partial charge in [-0.25, -0.2) is 14.3 Å². The smallest absolute Gasteiger partial charge is 0.323 e. The molecular weight excluding hydrogens is 418 g/mol. The maximum atomic E-state index is 13.4. The maximum absolute atomic E-state index is 13.4. The SMILES string of the molecule is CC(C)c1cc(C(=O)c2cccc(NC(=O)Nc3ccccc3C#N)c2)c2c(N)ncnn12. The van der Waals surface area contributed by atoms with Crippen molar-refractivity contribution in [1.29, 1.82) is 5.26 Å². The first-order chi connectivity index (χ1) is 15.9. The van der Waals surface area contributed by atoms with Crippen LogP contribution in [0.25, 0.3) is 5.52 Å². The second-order valence-corrected chi connectivity index (χ2v) is 7.69. The zero-order valence-electron chi connectivity index (χ0n) is 18.0. The third-order valence-electron chi connectivity index (χ3n) is 5.12. The Morgan fingerprint density at radius 3 is 2.64 bits per heavy atom. The van der Waals surface area contributed by atoms with Gasteiger partial charge in [-0.05, 0) is 36.2 Å². The van der Waals surface area contributed by atoms with E-state index in [0.29, 0.717) is 33.6 Å². The van der Waals surface area contributed by atoms with E-state index >= 15 is 0 Å². The Bertz CT molecular complexity index is 1420. The molecule has 0 saturated heterocycles. The molecule has 4 aromatic rings. The topological polar surface area (TPSA) is 138 Å². The molecule has 2 heterocycles. The summed E-state index contributed by atoms with van der Waals surface area (Å²) in [5.74, 6) is 0.0613. The largest absolute Gasteiger partial charge is 0.382 e. The molecule has 2 aromatic carbocycles. The van der Waals surface area contributed by atoms with Crippen LogP contribution in [0.1, 0.15) is 46.9 Å². The Labute approximate surface area is 189 Å². The molecule has 9 heteroatoms. The number of amides is 2. The molecule has 0 fully saturated rings. The monoisotopic (exact) mass is 439 g/mol. The van der Waals surface area contributed by atoms with Crippen molar-refractivity contribution in [3.8, 4) is 6.07 Å². The van der Waals surface area contributed by atoms with Crippen molar-refractivity contribution >= 4 is 34.5 Å². The second kappa shape index (κ2) is 8.80. The van der Waals surface area contributed by atoms with Crippen LogP contribution in [0, 0.1) is 11.3 Å². The summed E-state index contributed by atoms with van der Waals surface area (Å²) >= 11 is 0. The van der Waals surface area contributed by atoms with E-state index in [1.165, 1.54) is 6.33 Å². The molecule has 0 spiro atoms. The number of fused-ring (bicyclic) bond motifs is 1. The molecule has 0 aliphatic heterocycles. The summed E-state index contributed by atoms with van der Waals surface area (Å²) in [4.78, 5) is 29.9. The van der Waals surface area contributed by atoms with E-state index in [0.717, 1.165) is 5.69 Å².